The first-order valence-electron chi connectivity index (χ1n) is 13.9. The Morgan fingerprint density at radius 3 is 1.76 bits per heavy atom. The van der Waals surface area contributed by atoms with Crippen LogP contribution in [0.25, 0.3) is 43.4 Å². The van der Waals surface area contributed by atoms with Gasteiger partial charge in [-0.05, 0) is 61.0 Å². The number of carbonyl (C=O) groups excluding carboxylic acids is 1. The molecule has 42 heavy (non-hydrogen) atoms. The van der Waals surface area contributed by atoms with Gasteiger partial charge in [0.25, 0.3) is 11.1 Å². The third kappa shape index (κ3) is 5.79. The Morgan fingerprint density at radius 2 is 1.17 bits per heavy atom. The van der Waals surface area contributed by atoms with Crippen molar-refractivity contribution in [3.05, 3.63) is 116 Å². The minimum absolute atomic E-state index is 0.0105. The summed E-state index contributed by atoms with van der Waals surface area (Å²) in [4.78, 5) is 36.2. The fourth-order valence-electron chi connectivity index (χ4n) is 5.33. The molecule has 8 heteroatoms. The van der Waals surface area contributed by atoms with E-state index in [-0.39, 0.29) is 17.7 Å². The zero-order valence-corrected chi connectivity index (χ0v) is 25.0. The Labute approximate surface area is 251 Å². The largest absolute Gasteiger partial charge is 0.351 e. The van der Waals surface area contributed by atoms with E-state index in [2.05, 4.69) is 15.9 Å². The summed E-state index contributed by atoms with van der Waals surface area (Å²) in [5.74, 6) is 0. The summed E-state index contributed by atoms with van der Waals surface area (Å²) in [5.41, 5.74) is 1.54. The highest BCUT2D eigenvalue weighted by Crippen LogP contribution is 2.26. The standard InChI is InChI=1S/C19H21NO3.C15H10BrNO2/c1-3-22-18(23-4-2)13-20-17-12-8-7-10-15(17)14-9-5-6-11-16(14)19(20)21;16-10-5-6-14-13(9-10)11-3-1-2-4-12(11)15(19)17(14)7-8-18/h5-12,18H,3-4,13H2,1-2H3;1-6,8-9H,7H2. The molecule has 0 spiro atoms. The van der Waals surface area contributed by atoms with E-state index < -0.39 is 6.29 Å². The van der Waals surface area contributed by atoms with Crippen LogP contribution in [-0.2, 0) is 27.4 Å². The molecule has 0 radical (unpaired) electrons. The lowest BCUT2D eigenvalue weighted by Gasteiger charge is -2.20. The number of aldehydes is 1. The number of rotatable bonds is 8. The number of benzene rings is 4. The lowest BCUT2D eigenvalue weighted by Crippen LogP contribution is -2.30. The van der Waals surface area contributed by atoms with Gasteiger partial charge in [-0.25, -0.2) is 0 Å². The number of halogens is 1. The van der Waals surface area contributed by atoms with Crippen LogP contribution < -0.4 is 11.1 Å². The second kappa shape index (κ2) is 13.2. The molecule has 4 aromatic carbocycles. The second-order valence-electron chi connectivity index (χ2n) is 9.61. The summed E-state index contributed by atoms with van der Waals surface area (Å²) in [6.07, 6.45) is 0.324. The third-order valence-electron chi connectivity index (χ3n) is 7.12. The third-order valence-corrected chi connectivity index (χ3v) is 7.62. The molecule has 2 heterocycles. The predicted octanol–water partition coefficient (Wildman–Crippen LogP) is 6.67. The highest BCUT2D eigenvalue weighted by atomic mass is 79.9. The van der Waals surface area contributed by atoms with Crippen LogP contribution in [0.4, 0.5) is 0 Å². The normalized spacial score (nSPS) is 11.3. The first kappa shape index (κ1) is 29.4. The van der Waals surface area contributed by atoms with Gasteiger partial charge in [0.05, 0.1) is 24.1 Å². The highest BCUT2D eigenvalue weighted by molar-refractivity contribution is 9.10. The molecule has 0 aliphatic carbocycles. The van der Waals surface area contributed by atoms with E-state index in [1.807, 2.05) is 98.8 Å². The topological polar surface area (TPSA) is 79.5 Å². The molecule has 0 bridgehead atoms. The van der Waals surface area contributed by atoms with Crippen LogP contribution in [0.15, 0.2) is 105 Å². The quantitative estimate of drug-likeness (QED) is 0.107. The molecule has 2 aromatic heterocycles. The zero-order chi connectivity index (χ0) is 29.6. The number of aromatic nitrogens is 2. The van der Waals surface area contributed by atoms with E-state index in [0.717, 1.165) is 48.7 Å². The van der Waals surface area contributed by atoms with E-state index in [1.165, 1.54) is 4.57 Å². The second-order valence-corrected chi connectivity index (χ2v) is 10.5. The maximum Gasteiger partial charge on any atom is 0.259 e. The van der Waals surface area contributed by atoms with Crippen LogP contribution in [0.2, 0.25) is 0 Å². The lowest BCUT2D eigenvalue weighted by atomic mass is 10.1. The monoisotopic (exact) mass is 626 g/mol. The molecular formula is C34H31BrN2O5. The SMILES string of the molecule is CCOC(Cn1c(=O)c2ccccc2c2ccccc21)OCC.O=CCn1c(=O)c2ccccc2c2cc(Br)ccc21. The number of carbonyl (C=O) groups is 1. The van der Waals surface area contributed by atoms with Crippen molar-refractivity contribution < 1.29 is 14.3 Å². The van der Waals surface area contributed by atoms with Crippen LogP contribution in [0.1, 0.15) is 13.8 Å². The van der Waals surface area contributed by atoms with Gasteiger partial charge < -0.3 is 23.4 Å². The summed E-state index contributed by atoms with van der Waals surface area (Å²) in [6.45, 7) is 5.39. The lowest BCUT2D eigenvalue weighted by molar-refractivity contribution is -0.143. The maximum atomic E-state index is 12.9. The Kier molecular flexibility index (Phi) is 9.27. The first-order chi connectivity index (χ1) is 20.5. The number of hydrogen-bond acceptors (Lipinski definition) is 5. The Balaban J connectivity index is 0.000000171. The molecule has 0 N–H and O–H groups in total. The van der Waals surface area contributed by atoms with Gasteiger partial charge in [0.1, 0.15) is 6.29 Å². The van der Waals surface area contributed by atoms with Gasteiger partial charge in [-0.15, -0.1) is 0 Å². The van der Waals surface area contributed by atoms with Crippen LogP contribution in [-0.4, -0.2) is 34.9 Å². The summed E-state index contributed by atoms with van der Waals surface area (Å²) in [6, 6.07) is 28.8. The number of hydrogen-bond donors (Lipinski definition) is 0. The van der Waals surface area contributed by atoms with Crippen molar-refractivity contribution in [2.75, 3.05) is 13.2 Å². The van der Waals surface area contributed by atoms with E-state index in [1.54, 1.807) is 10.6 Å². The fraction of sp³-hybridized carbons (Fsp3) is 0.206. The van der Waals surface area contributed by atoms with Crippen molar-refractivity contribution in [2.24, 2.45) is 0 Å². The smallest absolute Gasteiger partial charge is 0.259 e. The Bertz CT molecular complexity index is 2010. The summed E-state index contributed by atoms with van der Waals surface area (Å²) in [5, 5.41) is 5.27. The van der Waals surface area contributed by atoms with Crippen molar-refractivity contribution in [1.29, 1.82) is 0 Å². The van der Waals surface area contributed by atoms with Gasteiger partial charge in [-0.1, -0.05) is 70.5 Å². The van der Waals surface area contributed by atoms with Crippen LogP contribution >= 0.6 is 15.9 Å². The van der Waals surface area contributed by atoms with Crippen molar-refractivity contribution >= 4 is 65.6 Å². The molecule has 0 amide bonds. The van der Waals surface area contributed by atoms with Crippen LogP contribution in [0.5, 0.6) is 0 Å². The summed E-state index contributed by atoms with van der Waals surface area (Å²) < 4.78 is 15.5. The van der Waals surface area contributed by atoms with E-state index in [9.17, 15) is 14.4 Å². The predicted molar refractivity (Wildman–Crippen MR) is 172 cm³/mol. The summed E-state index contributed by atoms with van der Waals surface area (Å²) in [7, 11) is 0. The fourth-order valence-corrected chi connectivity index (χ4v) is 5.69. The van der Waals surface area contributed by atoms with Gasteiger partial charge in [0.2, 0.25) is 0 Å². The van der Waals surface area contributed by atoms with E-state index in [4.69, 9.17) is 9.47 Å². The highest BCUT2D eigenvalue weighted by Gasteiger charge is 2.15. The molecule has 0 unspecified atom stereocenters. The average Bonchev–Trinajstić information content (AvgIpc) is 3.02. The molecule has 0 aliphatic rings. The minimum Gasteiger partial charge on any atom is -0.351 e. The molecule has 6 aromatic rings. The van der Waals surface area contributed by atoms with Crippen molar-refractivity contribution in [1.82, 2.24) is 9.13 Å². The van der Waals surface area contributed by atoms with E-state index in [0.29, 0.717) is 25.1 Å². The molecule has 0 atom stereocenters. The number of fused-ring (bicyclic) bond motifs is 6. The van der Waals surface area contributed by atoms with Gasteiger partial charge in [0, 0.05) is 39.2 Å². The molecule has 7 nitrogen and oxygen atoms in total. The van der Waals surface area contributed by atoms with Crippen LogP contribution in [0, 0.1) is 0 Å². The number of pyridine rings is 2. The number of nitrogens with zero attached hydrogens (tertiary/aromatic N) is 2. The molecule has 0 aliphatic heterocycles. The van der Waals surface area contributed by atoms with Gasteiger partial charge in [0.15, 0.2) is 6.29 Å². The van der Waals surface area contributed by atoms with Crippen LogP contribution in [0.3, 0.4) is 0 Å². The maximum absolute atomic E-state index is 12.9. The molecule has 6 rings (SSSR count). The van der Waals surface area contributed by atoms with Crippen molar-refractivity contribution in [2.45, 2.75) is 33.2 Å². The molecular weight excluding hydrogens is 596 g/mol. The van der Waals surface area contributed by atoms with Gasteiger partial charge >= 0.3 is 0 Å². The average molecular weight is 628 g/mol. The minimum atomic E-state index is -0.424. The number of para-hydroxylation sites is 1. The van der Waals surface area contributed by atoms with Crippen molar-refractivity contribution in [3.63, 3.8) is 0 Å². The van der Waals surface area contributed by atoms with E-state index >= 15 is 0 Å². The molecule has 0 fully saturated rings. The Morgan fingerprint density at radius 1 is 0.667 bits per heavy atom. The van der Waals surface area contributed by atoms with Gasteiger partial charge in [-0.3, -0.25) is 9.59 Å². The molecule has 214 valence electrons. The van der Waals surface area contributed by atoms with Gasteiger partial charge in [-0.2, -0.15) is 0 Å². The number of ether oxygens (including phenoxy) is 2. The summed E-state index contributed by atoms with van der Waals surface area (Å²) >= 11 is 3.44. The zero-order valence-electron chi connectivity index (χ0n) is 23.5. The van der Waals surface area contributed by atoms with Crippen molar-refractivity contribution in [3.8, 4) is 0 Å². The molecule has 0 saturated carbocycles. The first-order valence-corrected chi connectivity index (χ1v) is 14.7. The molecule has 0 saturated heterocycles. The Hall–Kier alpha value is -4.11.